The lowest BCUT2D eigenvalue weighted by molar-refractivity contribution is -0.128. The quantitative estimate of drug-likeness (QED) is 0.796. The van der Waals surface area contributed by atoms with Crippen LogP contribution in [0.3, 0.4) is 0 Å². The maximum absolute atomic E-state index is 12.7. The molecule has 0 aromatic carbocycles. The normalized spacial score (nSPS) is 18.3. The van der Waals surface area contributed by atoms with Crippen molar-refractivity contribution in [1.82, 2.24) is 14.8 Å². The van der Waals surface area contributed by atoms with E-state index >= 15 is 0 Å². The third-order valence-corrected chi connectivity index (χ3v) is 5.13. The summed E-state index contributed by atoms with van der Waals surface area (Å²) in [5.74, 6) is 1.58. The van der Waals surface area contributed by atoms with Crippen LogP contribution in [0.25, 0.3) is 0 Å². The number of pyridine rings is 1. The first-order valence-corrected chi connectivity index (χ1v) is 9.44. The number of piperidine rings is 1. The number of nitrogens with one attached hydrogen (secondary N) is 1. The Kier molecular flexibility index (Phi) is 5.91. The molecule has 0 radical (unpaired) electrons. The molecule has 2 aliphatic heterocycles. The van der Waals surface area contributed by atoms with E-state index in [1.807, 2.05) is 28.9 Å². The van der Waals surface area contributed by atoms with E-state index in [2.05, 4.69) is 16.9 Å². The molecule has 0 saturated carbocycles. The molecule has 0 atom stereocenters. The first-order chi connectivity index (χ1) is 12.5. The van der Waals surface area contributed by atoms with Crippen LogP contribution in [0.5, 0.6) is 0 Å². The molecule has 6 heteroatoms. The van der Waals surface area contributed by atoms with Crippen LogP contribution >= 0.6 is 0 Å². The number of amides is 2. The second kappa shape index (κ2) is 8.34. The van der Waals surface area contributed by atoms with Gasteiger partial charge in [-0.2, -0.15) is 0 Å². The van der Waals surface area contributed by atoms with Crippen LogP contribution in [0.2, 0.25) is 0 Å². The van der Waals surface area contributed by atoms with Crippen LogP contribution < -0.4 is 5.32 Å². The van der Waals surface area contributed by atoms with Gasteiger partial charge in [-0.1, -0.05) is 12.2 Å². The van der Waals surface area contributed by atoms with Crippen LogP contribution in [0.1, 0.15) is 43.0 Å². The molecule has 1 aromatic rings. The van der Waals surface area contributed by atoms with Gasteiger partial charge in [-0.05, 0) is 44.2 Å². The largest absolute Gasteiger partial charge is 0.366 e. The number of hydrogen-bond donors (Lipinski definition) is 1. The lowest BCUT2D eigenvalue weighted by atomic mass is 9.96. The van der Waals surface area contributed by atoms with Crippen molar-refractivity contribution in [3.63, 3.8) is 0 Å². The van der Waals surface area contributed by atoms with E-state index in [4.69, 9.17) is 0 Å². The molecule has 0 bridgehead atoms. The first-order valence-electron chi connectivity index (χ1n) is 9.44. The summed E-state index contributed by atoms with van der Waals surface area (Å²) in [5, 5.41) is 3.17. The molecule has 2 fully saturated rings. The highest BCUT2D eigenvalue weighted by atomic mass is 16.2. The third-order valence-electron chi connectivity index (χ3n) is 5.13. The third kappa shape index (κ3) is 4.62. The molecule has 1 aromatic heterocycles. The van der Waals surface area contributed by atoms with Crippen LogP contribution in [0.15, 0.2) is 30.5 Å². The maximum atomic E-state index is 12.7. The summed E-state index contributed by atoms with van der Waals surface area (Å²) in [5.41, 5.74) is 1.66. The van der Waals surface area contributed by atoms with Crippen molar-refractivity contribution in [3.05, 3.63) is 36.0 Å². The zero-order valence-corrected chi connectivity index (χ0v) is 15.5. The van der Waals surface area contributed by atoms with Crippen LogP contribution in [0.4, 0.5) is 5.82 Å². The van der Waals surface area contributed by atoms with Gasteiger partial charge in [0.2, 0.25) is 5.91 Å². The van der Waals surface area contributed by atoms with Crippen molar-refractivity contribution in [1.29, 1.82) is 0 Å². The Morgan fingerprint density at radius 1 is 1.31 bits per heavy atom. The minimum Gasteiger partial charge on any atom is -0.366 e. The smallest absolute Gasteiger partial charge is 0.255 e. The predicted molar refractivity (Wildman–Crippen MR) is 102 cm³/mol. The van der Waals surface area contributed by atoms with Crippen molar-refractivity contribution < 1.29 is 9.59 Å². The summed E-state index contributed by atoms with van der Waals surface area (Å²) in [6, 6.07) is 3.66. The van der Waals surface area contributed by atoms with Gasteiger partial charge in [0, 0.05) is 45.3 Å². The molecule has 6 nitrogen and oxygen atoms in total. The number of carbonyl (C=O) groups excluding carboxylic acids is 2. The molecule has 0 unspecified atom stereocenters. The fourth-order valence-corrected chi connectivity index (χ4v) is 3.58. The summed E-state index contributed by atoms with van der Waals surface area (Å²) in [7, 11) is 0. The highest BCUT2D eigenvalue weighted by Gasteiger charge is 2.28. The maximum Gasteiger partial charge on any atom is 0.255 e. The number of aromatic nitrogens is 1. The average Bonchev–Trinajstić information content (AvgIpc) is 3.05. The van der Waals surface area contributed by atoms with Crippen molar-refractivity contribution in [2.45, 2.75) is 32.6 Å². The van der Waals surface area contributed by atoms with Crippen LogP contribution in [-0.2, 0) is 4.79 Å². The monoisotopic (exact) mass is 356 g/mol. The van der Waals surface area contributed by atoms with Gasteiger partial charge in [0.05, 0.1) is 5.56 Å². The number of carbonyl (C=O) groups is 2. The second-order valence-corrected chi connectivity index (χ2v) is 7.42. The molecule has 1 N–H and O–H groups in total. The van der Waals surface area contributed by atoms with Crippen LogP contribution in [0, 0.1) is 5.92 Å². The standard InChI is InChI=1S/C20H28N4O2/c1-15(2)12-21-18-6-5-17(13-22-18)20(26)23-10-7-16(8-11-23)14-24-9-3-4-19(24)25/h5-6,13,16H,1,3-4,7-12,14H2,2H3,(H,21,22). The van der Waals surface area contributed by atoms with Crippen LogP contribution in [-0.4, -0.2) is 59.3 Å². The molecule has 2 aliphatic rings. The highest BCUT2D eigenvalue weighted by molar-refractivity contribution is 5.94. The predicted octanol–water partition coefficient (Wildman–Crippen LogP) is 2.54. The van der Waals surface area contributed by atoms with Gasteiger partial charge in [-0.15, -0.1) is 0 Å². The van der Waals surface area contributed by atoms with E-state index in [0.717, 1.165) is 56.8 Å². The second-order valence-electron chi connectivity index (χ2n) is 7.42. The van der Waals surface area contributed by atoms with Gasteiger partial charge in [0.15, 0.2) is 0 Å². The van der Waals surface area contributed by atoms with E-state index in [-0.39, 0.29) is 11.8 Å². The van der Waals surface area contributed by atoms with Gasteiger partial charge >= 0.3 is 0 Å². The lowest BCUT2D eigenvalue weighted by Gasteiger charge is -2.34. The Bertz CT molecular complexity index is 663. The molecule has 2 saturated heterocycles. The Morgan fingerprint density at radius 2 is 2.08 bits per heavy atom. The highest BCUT2D eigenvalue weighted by Crippen LogP contribution is 2.22. The Labute approximate surface area is 155 Å². The van der Waals surface area contributed by atoms with Gasteiger partial charge in [0.1, 0.15) is 5.82 Å². The molecule has 26 heavy (non-hydrogen) atoms. The summed E-state index contributed by atoms with van der Waals surface area (Å²) in [6.45, 7) is 9.73. The minimum absolute atomic E-state index is 0.0413. The van der Waals surface area contributed by atoms with Gasteiger partial charge in [-0.3, -0.25) is 9.59 Å². The van der Waals surface area contributed by atoms with E-state index in [1.165, 1.54) is 0 Å². The summed E-state index contributed by atoms with van der Waals surface area (Å²) < 4.78 is 0. The molecule has 3 rings (SSSR count). The van der Waals surface area contributed by atoms with Gasteiger partial charge < -0.3 is 15.1 Å². The Balaban J connectivity index is 1.48. The average molecular weight is 356 g/mol. The topological polar surface area (TPSA) is 65.5 Å². The fraction of sp³-hybridized carbons (Fsp3) is 0.550. The number of hydrogen-bond acceptors (Lipinski definition) is 4. The SMILES string of the molecule is C=C(C)CNc1ccc(C(=O)N2CCC(CN3CCCC3=O)CC2)cn1. The molecular formula is C20H28N4O2. The number of anilines is 1. The number of nitrogens with zero attached hydrogens (tertiary/aromatic N) is 3. The van der Waals surface area contributed by atoms with E-state index in [9.17, 15) is 9.59 Å². The Hall–Kier alpha value is -2.37. The van der Waals surface area contributed by atoms with Gasteiger partial charge in [0.25, 0.3) is 5.91 Å². The van der Waals surface area contributed by atoms with Gasteiger partial charge in [-0.25, -0.2) is 4.98 Å². The van der Waals surface area contributed by atoms with E-state index in [0.29, 0.717) is 24.4 Å². The zero-order valence-electron chi connectivity index (χ0n) is 15.5. The lowest BCUT2D eigenvalue weighted by Crippen LogP contribution is -2.41. The van der Waals surface area contributed by atoms with E-state index < -0.39 is 0 Å². The number of likely N-dealkylation sites (tertiary alicyclic amines) is 2. The molecule has 0 aliphatic carbocycles. The zero-order chi connectivity index (χ0) is 18.5. The molecular weight excluding hydrogens is 328 g/mol. The fourth-order valence-electron chi connectivity index (χ4n) is 3.58. The van der Waals surface area contributed by atoms with Crippen molar-refractivity contribution >= 4 is 17.6 Å². The van der Waals surface area contributed by atoms with Crippen molar-refractivity contribution in [3.8, 4) is 0 Å². The molecule has 140 valence electrons. The number of rotatable bonds is 6. The molecule has 0 spiro atoms. The molecule has 3 heterocycles. The minimum atomic E-state index is 0.0413. The summed E-state index contributed by atoms with van der Waals surface area (Å²) in [4.78, 5) is 32.6. The van der Waals surface area contributed by atoms with Crippen molar-refractivity contribution in [2.24, 2.45) is 5.92 Å². The summed E-state index contributed by atoms with van der Waals surface area (Å²) >= 11 is 0. The van der Waals surface area contributed by atoms with E-state index in [1.54, 1.807) is 6.20 Å². The summed E-state index contributed by atoms with van der Waals surface area (Å²) in [6.07, 6.45) is 5.24. The first kappa shape index (κ1) is 18.4. The van der Waals surface area contributed by atoms with Crippen molar-refractivity contribution in [2.75, 3.05) is 38.0 Å². The molecule has 2 amide bonds. The Morgan fingerprint density at radius 3 is 2.65 bits per heavy atom.